The number of aromatic nitrogens is 1. The highest BCUT2D eigenvalue weighted by Crippen LogP contribution is 2.33. The van der Waals surface area contributed by atoms with Crippen molar-refractivity contribution in [3.8, 4) is 0 Å². The zero-order chi connectivity index (χ0) is 20.3. The minimum absolute atomic E-state index is 0.00626. The molecule has 1 aliphatic heterocycles. The number of imide groups is 1. The van der Waals surface area contributed by atoms with Crippen LogP contribution in [0.25, 0.3) is 6.08 Å². The van der Waals surface area contributed by atoms with E-state index in [-0.39, 0.29) is 23.6 Å². The van der Waals surface area contributed by atoms with Crippen LogP contribution in [0.1, 0.15) is 15.9 Å². The van der Waals surface area contributed by atoms with Crippen molar-refractivity contribution in [2.24, 2.45) is 0 Å². The summed E-state index contributed by atoms with van der Waals surface area (Å²) in [5.41, 5.74) is 0.753. The second kappa shape index (κ2) is 8.64. The highest BCUT2D eigenvalue weighted by atomic mass is 35.5. The summed E-state index contributed by atoms with van der Waals surface area (Å²) in [5.74, 6) is -0.937. The van der Waals surface area contributed by atoms with Crippen molar-refractivity contribution < 1.29 is 19.1 Å². The first kappa shape index (κ1) is 20.2. The number of nitrogens with zero attached hydrogens (tertiary/aromatic N) is 2. The third kappa shape index (κ3) is 4.64. The second-order valence-electron chi connectivity index (χ2n) is 5.71. The van der Waals surface area contributed by atoms with Crippen LogP contribution in [-0.2, 0) is 4.79 Å². The van der Waals surface area contributed by atoms with Crippen LogP contribution in [0.4, 0.5) is 4.79 Å². The molecule has 0 aliphatic carbocycles. The highest BCUT2D eigenvalue weighted by molar-refractivity contribution is 8.18. The van der Waals surface area contributed by atoms with Gasteiger partial charge in [0.1, 0.15) is 5.56 Å². The predicted molar refractivity (Wildman–Crippen MR) is 107 cm³/mol. The Kier molecular flexibility index (Phi) is 6.23. The summed E-state index contributed by atoms with van der Waals surface area (Å²) < 4.78 is 0.512. The Labute approximate surface area is 174 Å². The number of hydrogen-bond acceptors (Lipinski definition) is 5. The Balaban J connectivity index is 1.62. The SMILES string of the molecule is O=C(NCCN1C(=O)S/C(=C\c2ccc(Cl)cc2Cl)C1=O)c1ccc[n+]([O-])c1. The fraction of sp³-hybridized carbons (Fsp3) is 0.111. The molecule has 1 saturated heterocycles. The number of benzene rings is 1. The lowest BCUT2D eigenvalue weighted by Crippen LogP contribution is -2.38. The van der Waals surface area contributed by atoms with Crippen molar-refractivity contribution in [1.29, 1.82) is 0 Å². The summed E-state index contributed by atoms with van der Waals surface area (Å²) in [5, 5.41) is 14.2. The molecule has 1 aliphatic rings. The number of thioether (sulfide) groups is 1. The first-order valence-electron chi connectivity index (χ1n) is 8.02. The maximum Gasteiger partial charge on any atom is 0.293 e. The lowest BCUT2D eigenvalue weighted by molar-refractivity contribution is -0.605. The van der Waals surface area contributed by atoms with Crippen LogP contribution in [0.15, 0.2) is 47.6 Å². The smallest absolute Gasteiger partial charge is 0.293 e. The fourth-order valence-corrected chi connectivity index (χ4v) is 3.74. The second-order valence-corrected chi connectivity index (χ2v) is 7.54. The van der Waals surface area contributed by atoms with Crippen molar-refractivity contribution >= 4 is 58.1 Å². The Morgan fingerprint density at radius 1 is 1.29 bits per heavy atom. The molecule has 10 heteroatoms. The van der Waals surface area contributed by atoms with Gasteiger partial charge in [-0.3, -0.25) is 19.3 Å². The summed E-state index contributed by atoms with van der Waals surface area (Å²) in [6.07, 6.45) is 3.92. The lowest BCUT2D eigenvalue weighted by Gasteiger charge is -2.12. The van der Waals surface area contributed by atoms with Gasteiger partial charge in [0, 0.05) is 29.2 Å². The maximum absolute atomic E-state index is 12.5. The first-order chi connectivity index (χ1) is 13.3. The molecule has 0 saturated carbocycles. The van der Waals surface area contributed by atoms with Crippen LogP contribution in [0, 0.1) is 5.21 Å². The third-order valence-corrected chi connectivity index (χ3v) is 5.25. The van der Waals surface area contributed by atoms with E-state index in [1.54, 1.807) is 18.2 Å². The normalized spacial score (nSPS) is 15.4. The Hall–Kier alpha value is -2.55. The van der Waals surface area contributed by atoms with Gasteiger partial charge in [0.2, 0.25) is 0 Å². The van der Waals surface area contributed by atoms with Gasteiger partial charge < -0.3 is 10.5 Å². The molecule has 144 valence electrons. The van der Waals surface area contributed by atoms with Crippen molar-refractivity contribution in [3.05, 3.63) is 74.0 Å². The van der Waals surface area contributed by atoms with Gasteiger partial charge in [0.25, 0.3) is 17.1 Å². The summed E-state index contributed by atoms with van der Waals surface area (Å²) in [6.45, 7) is 0.0614. The van der Waals surface area contributed by atoms with Crippen LogP contribution in [0.2, 0.25) is 10.0 Å². The topological polar surface area (TPSA) is 93.4 Å². The van der Waals surface area contributed by atoms with Crippen molar-refractivity contribution in [3.63, 3.8) is 0 Å². The largest absolute Gasteiger partial charge is 0.619 e. The van der Waals surface area contributed by atoms with Gasteiger partial charge >= 0.3 is 0 Å². The van der Waals surface area contributed by atoms with Gasteiger partial charge in [0.05, 0.1) is 4.91 Å². The van der Waals surface area contributed by atoms with Crippen LogP contribution >= 0.6 is 35.0 Å². The number of carbonyl (C=O) groups is 3. The van der Waals surface area contributed by atoms with E-state index in [0.717, 1.165) is 22.9 Å². The number of pyridine rings is 1. The van der Waals surface area contributed by atoms with Crippen molar-refractivity contribution in [1.82, 2.24) is 10.2 Å². The lowest BCUT2D eigenvalue weighted by atomic mass is 10.2. The summed E-state index contributed by atoms with van der Waals surface area (Å²) >= 11 is 12.7. The Bertz CT molecular complexity index is 997. The first-order valence-corrected chi connectivity index (χ1v) is 9.60. The molecule has 0 bridgehead atoms. The molecule has 3 rings (SSSR count). The van der Waals surface area contributed by atoms with Crippen molar-refractivity contribution in [2.45, 2.75) is 0 Å². The van der Waals surface area contributed by atoms with E-state index < -0.39 is 17.1 Å². The molecule has 0 atom stereocenters. The van der Waals surface area contributed by atoms with Gasteiger partial charge in [0.15, 0.2) is 12.4 Å². The quantitative estimate of drug-likeness (QED) is 0.440. The van der Waals surface area contributed by atoms with Gasteiger partial charge in [-0.1, -0.05) is 29.3 Å². The van der Waals surface area contributed by atoms with Gasteiger partial charge in [-0.2, -0.15) is 4.73 Å². The number of nitrogens with one attached hydrogen (secondary N) is 1. The minimum Gasteiger partial charge on any atom is -0.619 e. The number of halogens is 2. The number of amides is 3. The predicted octanol–water partition coefficient (Wildman–Crippen LogP) is 3.09. The van der Waals surface area contributed by atoms with E-state index in [1.807, 2.05) is 0 Å². The molecule has 1 fully saturated rings. The zero-order valence-corrected chi connectivity index (χ0v) is 16.6. The molecule has 7 nitrogen and oxygen atoms in total. The molecule has 0 unspecified atom stereocenters. The highest BCUT2D eigenvalue weighted by Gasteiger charge is 2.34. The molecule has 0 spiro atoms. The van der Waals surface area contributed by atoms with Crippen LogP contribution in [0.3, 0.4) is 0 Å². The van der Waals surface area contributed by atoms with Crippen molar-refractivity contribution in [2.75, 3.05) is 13.1 Å². The van der Waals surface area contributed by atoms with E-state index in [1.165, 1.54) is 24.4 Å². The molecule has 3 amide bonds. The molecule has 1 aromatic heterocycles. The van der Waals surface area contributed by atoms with Crippen LogP contribution in [-0.4, -0.2) is 35.0 Å². The zero-order valence-electron chi connectivity index (χ0n) is 14.2. The summed E-state index contributed by atoms with van der Waals surface area (Å²) in [7, 11) is 0. The minimum atomic E-state index is -0.472. The molecule has 2 aromatic rings. The summed E-state index contributed by atoms with van der Waals surface area (Å²) in [6, 6.07) is 7.77. The van der Waals surface area contributed by atoms with E-state index in [4.69, 9.17) is 23.2 Å². The fourth-order valence-electron chi connectivity index (χ4n) is 2.42. The van der Waals surface area contributed by atoms with E-state index >= 15 is 0 Å². The maximum atomic E-state index is 12.5. The monoisotopic (exact) mass is 437 g/mol. The third-order valence-electron chi connectivity index (χ3n) is 3.78. The standard InChI is InChI=1S/C18H13Cl2N3O4S/c19-13-4-3-11(14(20)9-13)8-15-17(25)23(18(26)28-15)7-5-21-16(24)12-2-1-6-22(27)10-12/h1-4,6,8-10H,5,7H2,(H,21,24)/b15-8-. The average Bonchev–Trinajstić information content (AvgIpc) is 2.91. The van der Waals surface area contributed by atoms with Gasteiger partial charge in [-0.15, -0.1) is 0 Å². The molecule has 2 heterocycles. The Morgan fingerprint density at radius 2 is 2.07 bits per heavy atom. The number of hydrogen-bond donors (Lipinski definition) is 1. The van der Waals surface area contributed by atoms with E-state index in [2.05, 4.69) is 5.32 Å². The number of rotatable bonds is 5. The molecule has 28 heavy (non-hydrogen) atoms. The van der Waals surface area contributed by atoms with E-state index in [0.29, 0.717) is 20.3 Å². The van der Waals surface area contributed by atoms with E-state index in [9.17, 15) is 19.6 Å². The van der Waals surface area contributed by atoms with Crippen LogP contribution < -0.4 is 10.0 Å². The molecular formula is C18H13Cl2N3O4S. The Morgan fingerprint density at radius 3 is 2.79 bits per heavy atom. The molecule has 0 radical (unpaired) electrons. The van der Waals surface area contributed by atoms with Crippen LogP contribution in [0.5, 0.6) is 0 Å². The number of carbonyl (C=O) groups excluding carboxylic acids is 3. The summed E-state index contributed by atoms with van der Waals surface area (Å²) in [4.78, 5) is 37.9. The molecule has 1 N–H and O–H groups in total. The molecule has 1 aromatic carbocycles. The van der Waals surface area contributed by atoms with Gasteiger partial charge in [-0.25, -0.2) is 0 Å². The van der Waals surface area contributed by atoms with Gasteiger partial charge in [-0.05, 0) is 41.6 Å². The molecular weight excluding hydrogens is 425 g/mol. The average molecular weight is 438 g/mol.